The Hall–Kier alpha value is -1.68. The molecule has 4 heteroatoms. The molecule has 2 aliphatic rings. The summed E-state index contributed by atoms with van der Waals surface area (Å²) in [6.07, 6.45) is 7.55. The third-order valence-electron chi connectivity index (χ3n) is 5.17. The zero-order valence-corrected chi connectivity index (χ0v) is 15.8. The van der Waals surface area contributed by atoms with Crippen molar-refractivity contribution in [1.29, 1.82) is 0 Å². The Kier molecular flexibility index (Phi) is 4.63. The molecular formula is C21H25NO2S. The molecule has 3 nitrogen and oxygen atoms in total. The number of nitrogens with zero attached hydrogens (tertiary/aromatic N) is 1. The number of ether oxygens (including phenoxy) is 1. The van der Waals surface area contributed by atoms with Crippen LogP contribution in [0.3, 0.4) is 0 Å². The molecule has 25 heavy (non-hydrogen) atoms. The summed E-state index contributed by atoms with van der Waals surface area (Å²) in [6, 6.07) is 6.51. The fourth-order valence-corrected chi connectivity index (χ4v) is 4.34. The summed E-state index contributed by atoms with van der Waals surface area (Å²) in [7, 11) is 1.86. The molecule has 132 valence electrons. The van der Waals surface area contributed by atoms with E-state index in [0.717, 1.165) is 54.4 Å². The number of aryl methyl sites for hydroxylation is 1. The van der Waals surface area contributed by atoms with E-state index >= 15 is 0 Å². The highest BCUT2D eigenvalue weighted by atomic mass is 32.2. The van der Waals surface area contributed by atoms with Gasteiger partial charge in [0.15, 0.2) is 0 Å². The van der Waals surface area contributed by atoms with Crippen LogP contribution in [0.4, 0.5) is 0 Å². The van der Waals surface area contributed by atoms with Gasteiger partial charge in [0.2, 0.25) is 0 Å². The van der Waals surface area contributed by atoms with Crippen molar-refractivity contribution in [3.63, 3.8) is 0 Å². The standard InChI is InChI=1S/C21H25NO2S/c1-3-25-15-9-10-20(24-13-14-7-8-14)18(11-15)19-12-22(2)21(23)17-6-4-5-16(17)19/h9-12,14H,3-8,13H2,1-2H3. The Bertz CT molecular complexity index is 852. The van der Waals surface area contributed by atoms with Crippen LogP contribution in [-0.4, -0.2) is 16.9 Å². The molecule has 0 radical (unpaired) electrons. The van der Waals surface area contributed by atoms with Crippen LogP contribution in [-0.2, 0) is 19.9 Å². The van der Waals surface area contributed by atoms with Crippen molar-refractivity contribution in [2.45, 2.75) is 43.9 Å². The van der Waals surface area contributed by atoms with Crippen LogP contribution in [0, 0.1) is 5.92 Å². The summed E-state index contributed by atoms with van der Waals surface area (Å²) < 4.78 is 7.92. The number of thioether (sulfide) groups is 1. The molecular weight excluding hydrogens is 330 g/mol. The highest BCUT2D eigenvalue weighted by Gasteiger charge is 2.25. The lowest BCUT2D eigenvalue weighted by Crippen LogP contribution is -2.21. The minimum absolute atomic E-state index is 0.163. The molecule has 0 amide bonds. The van der Waals surface area contributed by atoms with Gasteiger partial charge in [-0.15, -0.1) is 11.8 Å². The van der Waals surface area contributed by atoms with Crippen LogP contribution in [0.15, 0.2) is 34.1 Å². The topological polar surface area (TPSA) is 31.2 Å². The number of pyridine rings is 1. The predicted octanol–water partition coefficient (Wildman–Crippen LogP) is 4.44. The van der Waals surface area contributed by atoms with E-state index in [1.807, 2.05) is 25.0 Å². The average molecular weight is 356 g/mol. The van der Waals surface area contributed by atoms with Gasteiger partial charge in [0, 0.05) is 34.8 Å². The smallest absolute Gasteiger partial charge is 0.253 e. The third kappa shape index (κ3) is 3.37. The summed E-state index contributed by atoms with van der Waals surface area (Å²) in [5, 5.41) is 0. The van der Waals surface area contributed by atoms with E-state index in [1.54, 1.807) is 4.57 Å². The first-order valence-corrected chi connectivity index (χ1v) is 10.3. The first-order valence-electron chi connectivity index (χ1n) is 9.28. The van der Waals surface area contributed by atoms with E-state index in [4.69, 9.17) is 4.74 Å². The molecule has 2 aromatic rings. The highest BCUT2D eigenvalue weighted by molar-refractivity contribution is 7.99. The summed E-state index contributed by atoms with van der Waals surface area (Å²) in [5.41, 5.74) is 4.72. The maximum atomic E-state index is 12.4. The molecule has 1 aromatic heterocycles. The van der Waals surface area contributed by atoms with Crippen molar-refractivity contribution in [3.8, 4) is 16.9 Å². The second-order valence-electron chi connectivity index (χ2n) is 7.11. The lowest BCUT2D eigenvalue weighted by atomic mass is 9.98. The molecule has 0 spiro atoms. The maximum absolute atomic E-state index is 12.4. The van der Waals surface area contributed by atoms with E-state index in [0.29, 0.717) is 0 Å². The molecule has 1 saturated carbocycles. The van der Waals surface area contributed by atoms with Crippen LogP contribution in [0.25, 0.3) is 11.1 Å². The average Bonchev–Trinajstić information content (AvgIpc) is 3.31. The Morgan fingerprint density at radius 3 is 2.76 bits per heavy atom. The molecule has 0 atom stereocenters. The van der Waals surface area contributed by atoms with Gasteiger partial charge in [-0.3, -0.25) is 4.79 Å². The van der Waals surface area contributed by atoms with Crippen molar-refractivity contribution in [2.75, 3.05) is 12.4 Å². The second kappa shape index (κ2) is 6.91. The molecule has 0 bridgehead atoms. The number of hydrogen-bond acceptors (Lipinski definition) is 3. The first kappa shape index (κ1) is 16.8. The molecule has 0 aliphatic heterocycles. The molecule has 2 aliphatic carbocycles. The summed E-state index contributed by atoms with van der Waals surface area (Å²) in [6.45, 7) is 2.98. The Morgan fingerprint density at radius 2 is 2.00 bits per heavy atom. The minimum Gasteiger partial charge on any atom is -0.493 e. The zero-order valence-electron chi connectivity index (χ0n) is 15.0. The Labute approximate surface area is 153 Å². The molecule has 1 aromatic carbocycles. The van der Waals surface area contributed by atoms with Gasteiger partial charge in [-0.1, -0.05) is 6.92 Å². The van der Waals surface area contributed by atoms with E-state index < -0.39 is 0 Å². The fraction of sp³-hybridized carbons (Fsp3) is 0.476. The van der Waals surface area contributed by atoms with Crippen molar-refractivity contribution in [3.05, 3.63) is 45.9 Å². The van der Waals surface area contributed by atoms with E-state index in [1.165, 1.54) is 28.9 Å². The van der Waals surface area contributed by atoms with Gasteiger partial charge in [0.05, 0.1) is 6.61 Å². The van der Waals surface area contributed by atoms with Crippen LogP contribution < -0.4 is 10.3 Å². The lowest BCUT2D eigenvalue weighted by Gasteiger charge is -2.17. The molecule has 1 fully saturated rings. The Balaban J connectivity index is 1.82. The lowest BCUT2D eigenvalue weighted by molar-refractivity contribution is 0.301. The highest BCUT2D eigenvalue weighted by Crippen LogP contribution is 2.39. The zero-order chi connectivity index (χ0) is 17.4. The van der Waals surface area contributed by atoms with Crippen LogP contribution in [0.5, 0.6) is 5.75 Å². The molecule has 0 N–H and O–H groups in total. The largest absolute Gasteiger partial charge is 0.493 e. The molecule has 4 rings (SSSR count). The maximum Gasteiger partial charge on any atom is 0.253 e. The molecule has 1 heterocycles. The van der Waals surface area contributed by atoms with Crippen LogP contribution in [0.1, 0.15) is 37.3 Å². The normalized spacial score (nSPS) is 16.1. The summed E-state index contributed by atoms with van der Waals surface area (Å²) in [5.74, 6) is 2.73. The van der Waals surface area contributed by atoms with Gasteiger partial charge in [0.25, 0.3) is 5.56 Å². The first-order chi connectivity index (χ1) is 12.2. The van der Waals surface area contributed by atoms with Crippen molar-refractivity contribution in [2.24, 2.45) is 13.0 Å². The quantitative estimate of drug-likeness (QED) is 0.718. The van der Waals surface area contributed by atoms with Gasteiger partial charge in [-0.2, -0.15) is 0 Å². The number of benzene rings is 1. The van der Waals surface area contributed by atoms with Gasteiger partial charge in [-0.05, 0) is 67.5 Å². The SMILES string of the molecule is CCSc1ccc(OCC2CC2)c(-c2cn(C)c(=O)c3c2CCC3)c1. The Morgan fingerprint density at radius 1 is 1.20 bits per heavy atom. The molecule has 0 saturated heterocycles. The second-order valence-corrected chi connectivity index (χ2v) is 8.45. The van der Waals surface area contributed by atoms with Gasteiger partial charge >= 0.3 is 0 Å². The van der Waals surface area contributed by atoms with Crippen molar-refractivity contribution in [1.82, 2.24) is 4.57 Å². The van der Waals surface area contributed by atoms with E-state index in [-0.39, 0.29) is 5.56 Å². The number of fused-ring (bicyclic) bond motifs is 1. The minimum atomic E-state index is 0.163. The number of rotatable bonds is 6. The monoisotopic (exact) mass is 355 g/mol. The van der Waals surface area contributed by atoms with E-state index in [2.05, 4.69) is 25.1 Å². The number of hydrogen-bond donors (Lipinski definition) is 0. The van der Waals surface area contributed by atoms with E-state index in [9.17, 15) is 4.79 Å². The molecule has 0 unspecified atom stereocenters. The van der Waals surface area contributed by atoms with Gasteiger partial charge in [-0.25, -0.2) is 0 Å². The van der Waals surface area contributed by atoms with Crippen molar-refractivity contribution >= 4 is 11.8 Å². The van der Waals surface area contributed by atoms with Crippen LogP contribution >= 0.6 is 11.8 Å². The summed E-state index contributed by atoms with van der Waals surface area (Å²) in [4.78, 5) is 13.7. The third-order valence-corrected chi connectivity index (χ3v) is 6.04. The van der Waals surface area contributed by atoms with Crippen molar-refractivity contribution < 1.29 is 4.74 Å². The van der Waals surface area contributed by atoms with Gasteiger partial charge in [0.1, 0.15) is 5.75 Å². The van der Waals surface area contributed by atoms with Gasteiger partial charge < -0.3 is 9.30 Å². The predicted molar refractivity (Wildman–Crippen MR) is 104 cm³/mol. The summed E-state index contributed by atoms with van der Waals surface area (Å²) >= 11 is 1.85. The number of aromatic nitrogens is 1. The fourth-order valence-electron chi connectivity index (χ4n) is 3.65. The van der Waals surface area contributed by atoms with Crippen LogP contribution in [0.2, 0.25) is 0 Å².